The van der Waals surface area contributed by atoms with E-state index in [0.29, 0.717) is 11.3 Å². The van der Waals surface area contributed by atoms with Crippen LogP contribution in [0.15, 0.2) is 24.3 Å². The van der Waals surface area contributed by atoms with Gasteiger partial charge in [0.05, 0.1) is 17.3 Å². The molecule has 1 saturated carbocycles. The van der Waals surface area contributed by atoms with E-state index in [1.807, 2.05) is 6.07 Å². The lowest BCUT2D eigenvalue weighted by atomic mass is 10.2. The minimum Gasteiger partial charge on any atom is -0.261 e. The van der Waals surface area contributed by atoms with Crippen LogP contribution in [0.1, 0.15) is 18.4 Å². The Hall–Kier alpha value is -1.58. The molecule has 0 unspecified atom stereocenters. The molecule has 1 aliphatic carbocycles. The van der Waals surface area contributed by atoms with E-state index in [1.165, 1.54) is 7.05 Å². The van der Waals surface area contributed by atoms with Crippen LogP contribution in [0, 0.1) is 11.3 Å². The molecule has 0 aromatic heterocycles. The van der Waals surface area contributed by atoms with Crippen LogP contribution in [0.4, 0.5) is 5.69 Å². The van der Waals surface area contributed by atoms with Crippen molar-refractivity contribution in [2.75, 3.05) is 11.4 Å². The number of nitriles is 1. The van der Waals surface area contributed by atoms with E-state index in [-0.39, 0.29) is 6.04 Å². The predicted molar refractivity (Wildman–Crippen MR) is 64.6 cm³/mol. The van der Waals surface area contributed by atoms with Crippen LogP contribution in [-0.4, -0.2) is 21.5 Å². The quantitative estimate of drug-likeness (QED) is 0.867. The van der Waals surface area contributed by atoms with Crippen molar-refractivity contribution in [2.45, 2.75) is 18.9 Å². The maximum absolute atomic E-state index is 11.9. The average molecular weight is 251 g/mol. The minimum atomic E-state index is -3.50. The van der Waals surface area contributed by atoms with Crippen molar-refractivity contribution in [2.24, 2.45) is 0 Å². The first-order chi connectivity index (χ1) is 8.03. The molecule has 17 heavy (non-hydrogen) atoms. The highest BCUT2D eigenvalue weighted by atomic mass is 32.2. The Morgan fingerprint density at radius 3 is 2.76 bits per heavy atom. The maximum Gasteiger partial charge on any atom is 0.301 e. The Bertz CT molecular complexity index is 558. The summed E-state index contributed by atoms with van der Waals surface area (Å²) in [6.07, 6.45) is 1.79. The zero-order valence-corrected chi connectivity index (χ0v) is 10.2. The number of rotatable bonds is 4. The lowest BCUT2D eigenvalue weighted by Gasteiger charge is -2.19. The first kappa shape index (κ1) is 11.9. The van der Waals surface area contributed by atoms with Crippen LogP contribution >= 0.6 is 0 Å². The summed E-state index contributed by atoms with van der Waals surface area (Å²) in [5.74, 6) is 0. The fraction of sp³-hybridized carbons (Fsp3) is 0.364. The SMILES string of the molecule is CN(c1cccc(C#N)c1)S(=O)(=O)NC1CC1. The number of anilines is 1. The second-order valence-corrected chi connectivity index (χ2v) is 5.76. The average Bonchev–Trinajstić information content (AvgIpc) is 3.11. The molecule has 0 aliphatic heterocycles. The molecule has 0 heterocycles. The summed E-state index contributed by atoms with van der Waals surface area (Å²) < 4.78 is 27.6. The normalized spacial score (nSPS) is 15.3. The molecule has 2 rings (SSSR count). The van der Waals surface area contributed by atoms with E-state index in [4.69, 9.17) is 5.26 Å². The van der Waals surface area contributed by atoms with Gasteiger partial charge in [0, 0.05) is 13.1 Å². The summed E-state index contributed by atoms with van der Waals surface area (Å²) in [5, 5.41) is 8.77. The van der Waals surface area contributed by atoms with Crippen LogP contribution in [0.25, 0.3) is 0 Å². The molecule has 0 radical (unpaired) electrons. The molecule has 5 nitrogen and oxygen atoms in total. The molecule has 1 fully saturated rings. The van der Waals surface area contributed by atoms with Gasteiger partial charge in [-0.15, -0.1) is 0 Å². The van der Waals surface area contributed by atoms with Crippen molar-refractivity contribution in [3.63, 3.8) is 0 Å². The molecule has 0 amide bonds. The molecule has 0 atom stereocenters. The molecule has 1 aliphatic rings. The molecule has 0 bridgehead atoms. The second-order valence-electron chi connectivity index (χ2n) is 4.03. The number of nitrogens with one attached hydrogen (secondary N) is 1. The zero-order valence-electron chi connectivity index (χ0n) is 9.42. The predicted octanol–water partition coefficient (Wildman–Crippen LogP) is 0.991. The van der Waals surface area contributed by atoms with Gasteiger partial charge in [0.15, 0.2) is 0 Å². The van der Waals surface area contributed by atoms with Crippen molar-refractivity contribution in [3.8, 4) is 6.07 Å². The molecule has 1 aromatic carbocycles. The van der Waals surface area contributed by atoms with Crippen molar-refractivity contribution in [1.82, 2.24) is 4.72 Å². The highest BCUT2D eigenvalue weighted by Gasteiger charge is 2.29. The van der Waals surface area contributed by atoms with Crippen molar-refractivity contribution in [1.29, 1.82) is 5.26 Å². The third kappa shape index (κ3) is 2.75. The van der Waals surface area contributed by atoms with Crippen LogP contribution in [-0.2, 0) is 10.2 Å². The molecule has 1 aromatic rings. The van der Waals surface area contributed by atoms with Crippen LogP contribution in [0.3, 0.4) is 0 Å². The highest BCUT2D eigenvalue weighted by Crippen LogP contribution is 2.22. The smallest absolute Gasteiger partial charge is 0.261 e. The largest absolute Gasteiger partial charge is 0.301 e. The van der Waals surface area contributed by atoms with Crippen LogP contribution in [0.2, 0.25) is 0 Å². The summed E-state index contributed by atoms with van der Waals surface area (Å²) in [5.41, 5.74) is 0.924. The van der Waals surface area contributed by atoms with E-state index in [1.54, 1.807) is 24.3 Å². The van der Waals surface area contributed by atoms with E-state index < -0.39 is 10.2 Å². The molecule has 0 spiro atoms. The molecule has 90 valence electrons. The summed E-state index contributed by atoms with van der Waals surface area (Å²) in [6.45, 7) is 0. The van der Waals surface area contributed by atoms with Gasteiger partial charge < -0.3 is 0 Å². The third-order valence-electron chi connectivity index (χ3n) is 2.59. The van der Waals surface area contributed by atoms with Gasteiger partial charge in [-0.3, -0.25) is 4.31 Å². The molecular weight excluding hydrogens is 238 g/mol. The summed E-state index contributed by atoms with van der Waals surface area (Å²) in [4.78, 5) is 0. The first-order valence-corrected chi connectivity index (χ1v) is 6.73. The fourth-order valence-electron chi connectivity index (χ4n) is 1.40. The van der Waals surface area contributed by atoms with Crippen molar-refractivity contribution in [3.05, 3.63) is 29.8 Å². The van der Waals surface area contributed by atoms with Gasteiger partial charge in [-0.2, -0.15) is 18.4 Å². The lowest BCUT2D eigenvalue weighted by Crippen LogP contribution is -2.39. The van der Waals surface area contributed by atoms with Gasteiger partial charge in [0.2, 0.25) is 0 Å². The Morgan fingerprint density at radius 1 is 1.47 bits per heavy atom. The summed E-state index contributed by atoms with van der Waals surface area (Å²) >= 11 is 0. The standard InChI is InChI=1S/C11H13N3O2S/c1-14(17(15,16)13-10-5-6-10)11-4-2-3-9(7-11)8-12/h2-4,7,10,13H,5-6H2,1H3. The van der Waals surface area contributed by atoms with Gasteiger partial charge in [0.1, 0.15) is 0 Å². The number of nitrogens with zero attached hydrogens (tertiary/aromatic N) is 2. The van der Waals surface area contributed by atoms with Crippen LogP contribution < -0.4 is 9.03 Å². The Kier molecular flexibility index (Phi) is 3.05. The van der Waals surface area contributed by atoms with Crippen molar-refractivity contribution < 1.29 is 8.42 Å². The van der Waals surface area contributed by atoms with Gasteiger partial charge in [-0.05, 0) is 31.0 Å². The van der Waals surface area contributed by atoms with E-state index in [2.05, 4.69) is 4.72 Å². The second kappa shape index (κ2) is 4.35. The number of hydrogen-bond donors (Lipinski definition) is 1. The van der Waals surface area contributed by atoms with Gasteiger partial charge in [-0.1, -0.05) is 6.07 Å². The van der Waals surface area contributed by atoms with E-state index in [9.17, 15) is 8.42 Å². The maximum atomic E-state index is 11.9. The Balaban J connectivity index is 2.23. The molecule has 6 heteroatoms. The number of benzene rings is 1. The van der Waals surface area contributed by atoms with E-state index in [0.717, 1.165) is 17.1 Å². The van der Waals surface area contributed by atoms with Gasteiger partial charge >= 0.3 is 10.2 Å². The van der Waals surface area contributed by atoms with Gasteiger partial charge in [-0.25, -0.2) is 0 Å². The first-order valence-electron chi connectivity index (χ1n) is 5.29. The fourth-order valence-corrected chi connectivity index (χ4v) is 2.61. The lowest BCUT2D eigenvalue weighted by molar-refractivity contribution is 0.579. The topological polar surface area (TPSA) is 73.2 Å². The van der Waals surface area contributed by atoms with Crippen LogP contribution in [0.5, 0.6) is 0 Å². The monoisotopic (exact) mass is 251 g/mol. The minimum absolute atomic E-state index is 0.0709. The molecule has 1 N–H and O–H groups in total. The summed E-state index contributed by atoms with van der Waals surface area (Å²) in [7, 11) is -2.03. The highest BCUT2D eigenvalue weighted by molar-refractivity contribution is 7.90. The Labute approximate surface area is 101 Å². The Morgan fingerprint density at radius 2 is 2.18 bits per heavy atom. The summed E-state index contributed by atoms with van der Waals surface area (Å²) in [6, 6.07) is 8.56. The molecular formula is C11H13N3O2S. The van der Waals surface area contributed by atoms with E-state index >= 15 is 0 Å². The third-order valence-corrected chi connectivity index (χ3v) is 4.16. The number of hydrogen-bond acceptors (Lipinski definition) is 3. The molecule has 0 saturated heterocycles. The zero-order chi connectivity index (χ0) is 12.5. The van der Waals surface area contributed by atoms with Crippen molar-refractivity contribution >= 4 is 15.9 Å². The van der Waals surface area contributed by atoms with Gasteiger partial charge in [0.25, 0.3) is 0 Å².